The minimum absolute atomic E-state index is 0.106. The number of likely N-dealkylation sites (N-methyl/N-ethyl adjacent to an activating group) is 1. The Morgan fingerprint density at radius 3 is 2.74 bits per heavy atom. The lowest BCUT2D eigenvalue weighted by Gasteiger charge is -2.24. The second kappa shape index (κ2) is 6.68. The molecule has 1 aromatic carbocycles. The van der Waals surface area contributed by atoms with Crippen molar-refractivity contribution in [2.24, 2.45) is 0 Å². The Balaban J connectivity index is 1.87. The maximum Gasteiger partial charge on any atom is 0.239 e. The Bertz CT molecular complexity index is 408. The fraction of sp³-hybridized carbons (Fsp3) is 0.533. The third-order valence-electron chi connectivity index (χ3n) is 3.61. The third-order valence-corrected chi connectivity index (χ3v) is 3.61. The van der Waals surface area contributed by atoms with Crippen LogP contribution in [0.1, 0.15) is 18.9 Å². The first kappa shape index (κ1) is 14.0. The summed E-state index contributed by atoms with van der Waals surface area (Å²) in [4.78, 5) is 14.2. The van der Waals surface area contributed by atoms with Gasteiger partial charge in [0.15, 0.2) is 0 Å². The fourth-order valence-electron chi connectivity index (χ4n) is 2.46. The first-order chi connectivity index (χ1) is 9.20. The highest BCUT2D eigenvalue weighted by atomic mass is 16.3. The molecule has 19 heavy (non-hydrogen) atoms. The fourth-order valence-corrected chi connectivity index (χ4v) is 2.46. The van der Waals surface area contributed by atoms with E-state index in [1.54, 1.807) is 0 Å². The van der Waals surface area contributed by atoms with Crippen molar-refractivity contribution in [3.05, 3.63) is 35.9 Å². The molecule has 4 heteroatoms. The zero-order valence-electron chi connectivity index (χ0n) is 11.4. The molecule has 1 fully saturated rings. The highest BCUT2D eigenvalue weighted by molar-refractivity contribution is 5.82. The van der Waals surface area contributed by atoms with Gasteiger partial charge in [0.2, 0.25) is 5.91 Å². The Morgan fingerprint density at radius 2 is 2.16 bits per heavy atom. The van der Waals surface area contributed by atoms with Crippen molar-refractivity contribution in [3.8, 4) is 0 Å². The van der Waals surface area contributed by atoms with Gasteiger partial charge in [-0.1, -0.05) is 30.3 Å². The smallest absolute Gasteiger partial charge is 0.239 e. The number of benzene rings is 1. The van der Waals surface area contributed by atoms with Crippen LogP contribution in [0.3, 0.4) is 0 Å². The molecule has 1 aliphatic rings. The molecule has 104 valence electrons. The van der Waals surface area contributed by atoms with Gasteiger partial charge >= 0.3 is 0 Å². The molecule has 0 bridgehead atoms. The molecule has 0 aliphatic carbocycles. The second-order valence-electron chi connectivity index (χ2n) is 5.00. The predicted molar refractivity (Wildman–Crippen MR) is 74.8 cm³/mol. The molecule has 1 aromatic rings. The molecule has 0 radical (unpaired) electrons. The third kappa shape index (κ3) is 3.78. The molecule has 1 aliphatic heterocycles. The van der Waals surface area contributed by atoms with E-state index in [-0.39, 0.29) is 18.1 Å². The van der Waals surface area contributed by atoms with E-state index in [1.165, 1.54) is 5.56 Å². The van der Waals surface area contributed by atoms with Gasteiger partial charge in [0, 0.05) is 19.6 Å². The topological polar surface area (TPSA) is 52.6 Å². The molecular weight excluding hydrogens is 240 g/mol. The number of carbonyl (C=O) groups excluding carboxylic acids is 1. The zero-order valence-corrected chi connectivity index (χ0v) is 11.4. The van der Waals surface area contributed by atoms with Gasteiger partial charge in [-0.2, -0.15) is 0 Å². The molecule has 2 rings (SSSR count). The van der Waals surface area contributed by atoms with Crippen molar-refractivity contribution < 1.29 is 9.90 Å². The average Bonchev–Trinajstić information content (AvgIpc) is 2.87. The highest BCUT2D eigenvalue weighted by Crippen LogP contribution is 2.10. The van der Waals surface area contributed by atoms with Gasteiger partial charge < -0.3 is 15.3 Å². The van der Waals surface area contributed by atoms with Crippen molar-refractivity contribution in [2.75, 3.05) is 19.6 Å². The number of amides is 1. The molecule has 1 amide bonds. The first-order valence-electron chi connectivity index (χ1n) is 6.95. The lowest BCUT2D eigenvalue weighted by atomic mass is 10.1. The molecule has 1 saturated heterocycles. The molecule has 2 N–H and O–H groups in total. The van der Waals surface area contributed by atoms with Crippen molar-refractivity contribution in [1.82, 2.24) is 10.2 Å². The van der Waals surface area contributed by atoms with E-state index in [2.05, 4.69) is 17.4 Å². The van der Waals surface area contributed by atoms with Crippen LogP contribution in [-0.4, -0.2) is 47.7 Å². The SMILES string of the molecule is CCN(CCc1ccccc1)C(=O)C1CC(O)CN1. The number of aliphatic hydroxyl groups is 1. The number of aliphatic hydroxyl groups excluding tert-OH is 1. The van der Waals surface area contributed by atoms with E-state index >= 15 is 0 Å². The average molecular weight is 262 g/mol. The van der Waals surface area contributed by atoms with Crippen LogP contribution < -0.4 is 5.32 Å². The van der Waals surface area contributed by atoms with Gasteiger partial charge in [-0.15, -0.1) is 0 Å². The van der Waals surface area contributed by atoms with Gasteiger partial charge in [0.1, 0.15) is 0 Å². The van der Waals surface area contributed by atoms with Crippen molar-refractivity contribution in [2.45, 2.75) is 31.9 Å². The molecule has 2 atom stereocenters. The molecule has 1 heterocycles. The van der Waals surface area contributed by atoms with Gasteiger partial charge in [-0.3, -0.25) is 4.79 Å². The summed E-state index contributed by atoms with van der Waals surface area (Å²) in [5, 5.41) is 12.6. The van der Waals surface area contributed by atoms with E-state index in [9.17, 15) is 9.90 Å². The number of nitrogens with one attached hydrogen (secondary N) is 1. The Kier molecular flexibility index (Phi) is 4.93. The lowest BCUT2D eigenvalue weighted by molar-refractivity contribution is -0.133. The summed E-state index contributed by atoms with van der Waals surface area (Å²) in [6.07, 6.45) is 1.01. The summed E-state index contributed by atoms with van der Waals surface area (Å²) < 4.78 is 0. The van der Waals surface area contributed by atoms with Crippen LogP contribution in [-0.2, 0) is 11.2 Å². The molecule has 4 nitrogen and oxygen atoms in total. The summed E-state index contributed by atoms with van der Waals surface area (Å²) in [6.45, 7) is 3.95. The zero-order chi connectivity index (χ0) is 13.7. The minimum Gasteiger partial charge on any atom is -0.392 e. The van der Waals surface area contributed by atoms with Gasteiger partial charge in [0.05, 0.1) is 12.1 Å². The molecule has 2 unspecified atom stereocenters. The molecular formula is C15H22N2O2. The summed E-state index contributed by atoms with van der Waals surface area (Å²) in [5.41, 5.74) is 1.24. The quantitative estimate of drug-likeness (QED) is 0.825. The first-order valence-corrected chi connectivity index (χ1v) is 6.95. The van der Waals surface area contributed by atoms with Crippen LogP contribution in [0.15, 0.2) is 30.3 Å². The van der Waals surface area contributed by atoms with Crippen LogP contribution in [0, 0.1) is 0 Å². The van der Waals surface area contributed by atoms with Crippen molar-refractivity contribution in [3.63, 3.8) is 0 Å². The van der Waals surface area contributed by atoms with E-state index in [0.29, 0.717) is 19.5 Å². The minimum atomic E-state index is -0.387. The second-order valence-corrected chi connectivity index (χ2v) is 5.00. The number of hydrogen-bond acceptors (Lipinski definition) is 3. The highest BCUT2D eigenvalue weighted by Gasteiger charge is 2.30. The standard InChI is InChI=1S/C15H22N2O2/c1-2-17(9-8-12-6-4-3-5-7-12)15(19)14-10-13(18)11-16-14/h3-7,13-14,16,18H,2,8-11H2,1H3. The Hall–Kier alpha value is -1.39. The summed E-state index contributed by atoms with van der Waals surface area (Å²) >= 11 is 0. The van der Waals surface area contributed by atoms with Crippen molar-refractivity contribution >= 4 is 5.91 Å². The molecule has 0 aromatic heterocycles. The number of β-amino-alcohol motifs (C(OH)–C–C–N with tert-alkyl or cyclic N) is 1. The largest absolute Gasteiger partial charge is 0.392 e. The molecule has 0 saturated carbocycles. The van der Waals surface area contributed by atoms with Crippen LogP contribution in [0.5, 0.6) is 0 Å². The van der Waals surface area contributed by atoms with Crippen molar-refractivity contribution in [1.29, 1.82) is 0 Å². The predicted octanol–water partition coefficient (Wildman–Crippen LogP) is 0.800. The number of hydrogen-bond donors (Lipinski definition) is 2. The van der Waals surface area contributed by atoms with Gasteiger partial charge in [-0.25, -0.2) is 0 Å². The van der Waals surface area contributed by atoms with Crippen LogP contribution in [0.2, 0.25) is 0 Å². The van der Waals surface area contributed by atoms with Gasteiger partial charge in [0.25, 0.3) is 0 Å². The Labute approximate surface area is 114 Å². The summed E-state index contributed by atoms with van der Waals surface area (Å²) in [6, 6.07) is 9.97. The Morgan fingerprint density at radius 1 is 1.42 bits per heavy atom. The van der Waals surface area contributed by atoms with Gasteiger partial charge in [-0.05, 0) is 25.3 Å². The number of rotatable bonds is 5. The van der Waals surface area contributed by atoms with E-state index in [1.807, 2.05) is 30.0 Å². The maximum atomic E-state index is 12.3. The monoisotopic (exact) mass is 262 g/mol. The molecule has 0 spiro atoms. The van der Waals surface area contributed by atoms with Crippen LogP contribution in [0.25, 0.3) is 0 Å². The number of carbonyl (C=O) groups is 1. The normalized spacial score (nSPS) is 22.4. The summed E-state index contributed by atoms with van der Waals surface area (Å²) in [5.74, 6) is 0.106. The van der Waals surface area contributed by atoms with E-state index in [4.69, 9.17) is 0 Å². The number of nitrogens with zero attached hydrogens (tertiary/aromatic N) is 1. The van der Waals surface area contributed by atoms with Crippen LogP contribution >= 0.6 is 0 Å². The van der Waals surface area contributed by atoms with E-state index in [0.717, 1.165) is 13.0 Å². The van der Waals surface area contributed by atoms with Crippen LogP contribution in [0.4, 0.5) is 0 Å². The maximum absolute atomic E-state index is 12.3. The van der Waals surface area contributed by atoms with E-state index < -0.39 is 0 Å². The summed E-state index contributed by atoms with van der Waals surface area (Å²) in [7, 11) is 0. The lowest BCUT2D eigenvalue weighted by Crippen LogP contribution is -2.44.